The normalized spacial score (nSPS) is 9.96. The summed E-state index contributed by atoms with van der Waals surface area (Å²) in [6.07, 6.45) is 0. The number of carbonyl (C=O) groups excluding carboxylic acids is 1. The second kappa shape index (κ2) is 9.86. The molecule has 1 heterocycles. The standard InChI is InChI=1S/C22H18O3S2/c1-2-3-14-24-18-10-12-20(13-11-18)27-16-22(23)25-19-8-6-17(7-9-19)21-5-4-15-26-21/h4-13,15H,14,16H2,1H3. The lowest BCUT2D eigenvalue weighted by atomic mass is 10.2. The van der Waals surface area contributed by atoms with Gasteiger partial charge in [-0.1, -0.05) is 12.0 Å². The molecule has 0 saturated heterocycles. The molecule has 0 spiro atoms. The number of esters is 1. The van der Waals surface area contributed by atoms with Crippen LogP contribution in [0.25, 0.3) is 10.4 Å². The molecule has 0 amide bonds. The van der Waals surface area contributed by atoms with E-state index in [9.17, 15) is 4.79 Å². The Morgan fingerprint density at radius 3 is 2.44 bits per heavy atom. The number of thioether (sulfide) groups is 1. The number of thiophene rings is 1. The van der Waals surface area contributed by atoms with E-state index in [0.717, 1.165) is 16.2 Å². The largest absolute Gasteiger partial charge is 0.481 e. The number of rotatable bonds is 7. The predicted octanol–water partition coefficient (Wildman–Crippen LogP) is 5.51. The molecule has 0 aliphatic heterocycles. The predicted molar refractivity (Wildman–Crippen MR) is 112 cm³/mol. The Bertz CT molecular complexity index is 918. The molecule has 2 aromatic carbocycles. The summed E-state index contributed by atoms with van der Waals surface area (Å²) in [4.78, 5) is 14.2. The zero-order chi connectivity index (χ0) is 18.9. The lowest BCUT2D eigenvalue weighted by Gasteiger charge is -2.06. The molecular formula is C22H18O3S2. The van der Waals surface area contributed by atoms with Crippen LogP contribution >= 0.6 is 23.1 Å². The Kier molecular flexibility index (Phi) is 6.97. The van der Waals surface area contributed by atoms with Crippen LogP contribution in [-0.4, -0.2) is 18.3 Å². The zero-order valence-corrected chi connectivity index (χ0v) is 16.4. The van der Waals surface area contributed by atoms with E-state index in [2.05, 4.69) is 17.9 Å². The first-order valence-electron chi connectivity index (χ1n) is 8.34. The summed E-state index contributed by atoms with van der Waals surface area (Å²) in [5.41, 5.74) is 1.12. The third kappa shape index (κ3) is 5.92. The number of hydrogen-bond donors (Lipinski definition) is 0. The molecule has 3 rings (SSSR count). The van der Waals surface area contributed by atoms with E-state index >= 15 is 0 Å². The topological polar surface area (TPSA) is 35.5 Å². The van der Waals surface area contributed by atoms with Crippen molar-refractivity contribution < 1.29 is 14.3 Å². The third-order valence-corrected chi connectivity index (χ3v) is 5.46. The average Bonchev–Trinajstić information content (AvgIpc) is 3.23. The molecule has 0 radical (unpaired) electrons. The fraction of sp³-hybridized carbons (Fsp3) is 0.136. The van der Waals surface area contributed by atoms with Gasteiger partial charge in [-0.15, -0.1) is 29.0 Å². The molecule has 5 heteroatoms. The smallest absolute Gasteiger partial charge is 0.321 e. The summed E-state index contributed by atoms with van der Waals surface area (Å²) in [5, 5.41) is 2.04. The van der Waals surface area contributed by atoms with Crippen LogP contribution in [0.4, 0.5) is 0 Å². The summed E-state index contributed by atoms with van der Waals surface area (Å²) < 4.78 is 10.9. The highest BCUT2D eigenvalue weighted by Gasteiger charge is 2.07. The van der Waals surface area contributed by atoms with Gasteiger partial charge >= 0.3 is 5.97 Å². The van der Waals surface area contributed by atoms with Crippen LogP contribution in [0.5, 0.6) is 11.5 Å². The minimum absolute atomic E-state index is 0.244. The Hall–Kier alpha value is -2.68. The Labute approximate surface area is 167 Å². The van der Waals surface area contributed by atoms with Crippen LogP contribution in [-0.2, 0) is 4.79 Å². The first-order valence-corrected chi connectivity index (χ1v) is 10.2. The van der Waals surface area contributed by atoms with Gasteiger partial charge in [0, 0.05) is 9.77 Å². The molecule has 0 unspecified atom stereocenters. The van der Waals surface area contributed by atoms with E-state index in [1.165, 1.54) is 16.6 Å². The van der Waals surface area contributed by atoms with E-state index in [1.807, 2.05) is 60.0 Å². The lowest BCUT2D eigenvalue weighted by molar-refractivity contribution is -0.131. The van der Waals surface area contributed by atoms with Crippen LogP contribution in [0.15, 0.2) is 70.9 Å². The molecule has 0 aliphatic carbocycles. The van der Waals surface area contributed by atoms with Crippen molar-refractivity contribution in [1.82, 2.24) is 0 Å². The van der Waals surface area contributed by atoms with Crippen LogP contribution in [0.1, 0.15) is 6.92 Å². The molecule has 1 aromatic heterocycles. The van der Waals surface area contributed by atoms with E-state index in [1.54, 1.807) is 18.3 Å². The zero-order valence-electron chi connectivity index (χ0n) is 14.8. The summed E-state index contributed by atoms with van der Waals surface area (Å²) in [5.74, 6) is 6.92. The van der Waals surface area contributed by atoms with Gasteiger partial charge in [0.15, 0.2) is 0 Å². The fourth-order valence-electron chi connectivity index (χ4n) is 2.26. The van der Waals surface area contributed by atoms with Crippen molar-refractivity contribution in [3.05, 3.63) is 66.0 Å². The summed E-state index contributed by atoms with van der Waals surface area (Å²) in [6.45, 7) is 2.15. The Balaban J connectivity index is 1.47. The molecule has 3 aromatic rings. The highest BCUT2D eigenvalue weighted by Crippen LogP contribution is 2.27. The maximum atomic E-state index is 12.1. The SMILES string of the molecule is CC#CCOc1ccc(SCC(=O)Oc2ccc(-c3cccs3)cc2)cc1. The van der Waals surface area contributed by atoms with E-state index in [0.29, 0.717) is 12.4 Å². The summed E-state index contributed by atoms with van der Waals surface area (Å²) in [7, 11) is 0. The van der Waals surface area contributed by atoms with Gasteiger partial charge in [0.05, 0.1) is 5.75 Å². The second-order valence-corrected chi connectivity index (χ2v) is 7.45. The molecule has 3 nitrogen and oxygen atoms in total. The van der Waals surface area contributed by atoms with Gasteiger partial charge in [0.1, 0.15) is 18.1 Å². The van der Waals surface area contributed by atoms with Crippen molar-refractivity contribution >= 4 is 29.1 Å². The molecule has 0 aliphatic rings. The lowest BCUT2D eigenvalue weighted by Crippen LogP contribution is -2.10. The maximum absolute atomic E-state index is 12.1. The summed E-state index contributed by atoms with van der Waals surface area (Å²) in [6, 6.07) is 19.2. The van der Waals surface area contributed by atoms with Gasteiger partial charge in [-0.05, 0) is 72.5 Å². The first-order chi connectivity index (χ1) is 13.2. The molecule has 27 heavy (non-hydrogen) atoms. The number of benzene rings is 2. The molecule has 0 atom stereocenters. The molecule has 0 N–H and O–H groups in total. The van der Waals surface area contributed by atoms with Crippen molar-refractivity contribution in [2.24, 2.45) is 0 Å². The first kappa shape index (κ1) is 19.1. The quantitative estimate of drug-likeness (QED) is 0.229. The van der Waals surface area contributed by atoms with Crippen molar-refractivity contribution in [2.45, 2.75) is 11.8 Å². The van der Waals surface area contributed by atoms with Crippen LogP contribution in [0.2, 0.25) is 0 Å². The number of carbonyl (C=O) groups is 1. The van der Waals surface area contributed by atoms with Crippen LogP contribution in [0.3, 0.4) is 0 Å². The minimum atomic E-state index is -0.276. The second-order valence-electron chi connectivity index (χ2n) is 5.45. The van der Waals surface area contributed by atoms with Gasteiger partial charge in [-0.2, -0.15) is 0 Å². The highest BCUT2D eigenvalue weighted by molar-refractivity contribution is 8.00. The third-order valence-electron chi connectivity index (χ3n) is 3.56. The van der Waals surface area contributed by atoms with Crippen LogP contribution in [0, 0.1) is 11.8 Å². The van der Waals surface area contributed by atoms with E-state index in [4.69, 9.17) is 9.47 Å². The van der Waals surface area contributed by atoms with Gasteiger partial charge in [-0.25, -0.2) is 0 Å². The Morgan fingerprint density at radius 1 is 1.04 bits per heavy atom. The summed E-state index contributed by atoms with van der Waals surface area (Å²) >= 11 is 3.11. The molecule has 136 valence electrons. The minimum Gasteiger partial charge on any atom is -0.481 e. The fourth-order valence-corrected chi connectivity index (χ4v) is 3.66. The average molecular weight is 395 g/mol. The van der Waals surface area contributed by atoms with Crippen molar-refractivity contribution in [3.8, 4) is 33.8 Å². The van der Waals surface area contributed by atoms with E-state index < -0.39 is 0 Å². The van der Waals surface area contributed by atoms with Gasteiger partial charge in [0.25, 0.3) is 0 Å². The molecule has 0 bridgehead atoms. The number of hydrogen-bond acceptors (Lipinski definition) is 5. The molecular weight excluding hydrogens is 376 g/mol. The van der Waals surface area contributed by atoms with Crippen molar-refractivity contribution in [1.29, 1.82) is 0 Å². The van der Waals surface area contributed by atoms with Gasteiger partial charge < -0.3 is 9.47 Å². The van der Waals surface area contributed by atoms with E-state index in [-0.39, 0.29) is 11.7 Å². The molecule has 0 saturated carbocycles. The maximum Gasteiger partial charge on any atom is 0.321 e. The monoisotopic (exact) mass is 394 g/mol. The number of ether oxygens (including phenoxy) is 2. The Morgan fingerprint density at radius 2 is 1.78 bits per heavy atom. The highest BCUT2D eigenvalue weighted by atomic mass is 32.2. The van der Waals surface area contributed by atoms with Crippen molar-refractivity contribution in [2.75, 3.05) is 12.4 Å². The van der Waals surface area contributed by atoms with Crippen molar-refractivity contribution in [3.63, 3.8) is 0 Å². The van der Waals surface area contributed by atoms with Gasteiger partial charge in [0.2, 0.25) is 0 Å². The van der Waals surface area contributed by atoms with Gasteiger partial charge in [-0.3, -0.25) is 4.79 Å². The molecule has 0 fully saturated rings. The van der Waals surface area contributed by atoms with Crippen LogP contribution < -0.4 is 9.47 Å².